The number of fused-ring (bicyclic) bond motifs is 1. The van der Waals surface area contributed by atoms with Crippen molar-refractivity contribution in [2.45, 2.75) is 32.8 Å². The third-order valence-corrected chi connectivity index (χ3v) is 6.00. The van der Waals surface area contributed by atoms with E-state index < -0.39 is 5.60 Å². The number of hydrogen-bond donors (Lipinski definition) is 1. The molecule has 8 nitrogen and oxygen atoms in total. The van der Waals surface area contributed by atoms with E-state index in [1.807, 2.05) is 63.2 Å². The van der Waals surface area contributed by atoms with Crippen molar-refractivity contribution >= 4 is 29.4 Å². The maximum absolute atomic E-state index is 13.1. The second-order valence-corrected chi connectivity index (χ2v) is 9.73. The number of rotatable bonds is 3. The van der Waals surface area contributed by atoms with Gasteiger partial charge in [0, 0.05) is 38.3 Å². The number of hydrogen-bond acceptors (Lipinski definition) is 4. The average molecular weight is 465 g/mol. The number of anilines is 2. The SMILES string of the molecule is CC(C)(C)OC(=O)N1CC[C@H](CNC(=O)N2CCN(C(=O)c3ccccc3)c3ccccc32)C1. The highest BCUT2D eigenvalue weighted by molar-refractivity contribution is 6.10. The summed E-state index contributed by atoms with van der Waals surface area (Å²) in [7, 11) is 0. The number of benzene rings is 2. The van der Waals surface area contributed by atoms with Crippen molar-refractivity contribution in [2.24, 2.45) is 5.92 Å². The molecule has 4 amide bonds. The summed E-state index contributed by atoms with van der Waals surface area (Å²) >= 11 is 0. The van der Waals surface area contributed by atoms with Crippen LogP contribution in [0, 0.1) is 5.92 Å². The van der Waals surface area contributed by atoms with E-state index in [0.29, 0.717) is 44.0 Å². The standard InChI is InChI=1S/C26H32N4O4/c1-26(2,3)34-25(33)28-14-13-19(18-28)17-27-24(32)30-16-15-29(21-11-7-8-12-22(21)30)23(31)20-9-5-4-6-10-20/h4-12,19H,13-18H2,1-3H3,(H,27,32)/t19-/m1/s1. The number of ether oxygens (including phenoxy) is 1. The van der Waals surface area contributed by atoms with Crippen LogP contribution in [-0.4, -0.2) is 61.3 Å². The Morgan fingerprint density at radius 3 is 2.21 bits per heavy atom. The van der Waals surface area contributed by atoms with E-state index in [2.05, 4.69) is 5.32 Å². The number of amides is 4. The van der Waals surface area contributed by atoms with Gasteiger partial charge in [0.2, 0.25) is 0 Å². The van der Waals surface area contributed by atoms with E-state index in [1.165, 1.54) is 0 Å². The molecule has 8 heteroatoms. The summed E-state index contributed by atoms with van der Waals surface area (Å²) in [6, 6.07) is 16.4. The van der Waals surface area contributed by atoms with Crippen LogP contribution in [0.25, 0.3) is 0 Å². The zero-order chi connectivity index (χ0) is 24.3. The summed E-state index contributed by atoms with van der Waals surface area (Å²) in [6.07, 6.45) is 0.504. The van der Waals surface area contributed by atoms with Gasteiger partial charge < -0.3 is 19.9 Å². The predicted octanol–water partition coefficient (Wildman–Crippen LogP) is 4.12. The molecule has 0 bridgehead atoms. The van der Waals surface area contributed by atoms with Crippen LogP contribution >= 0.6 is 0 Å². The molecule has 4 rings (SSSR count). The number of nitrogens with zero attached hydrogens (tertiary/aromatic N) is 3. The van der Waals surface area contributed by atoms with Crippen LogP contribution in [0.2, 0.25) is 0 Å². The van der Waals surface area contributed by atoms with Crippen LogP contribution in [0.5, 0.6) is 0 Å². The molecule has 1 atom stereocenters. The van der Waals surface area contributed by atoms with Crippen LogP contribution < -0.4 is 15.1 Å². The van der Waals surface area contributed by atoms with Gasteiger partial charge in [-0.2, -0.15) is 0 Å². The van der Waals surface area contributed by atoms with Gasteiger partial charge in [-0.15, -0.1) is 0 Å². The average Bonchev–Trinajstić information content (AvgIpc) is 3.30. The van der Waals surface area contributed by atoms with Gasteiger partial charge >= 0.3 is 12.1 Å². The molecule has 0 aliphatic carbocycles. The lowest BCUT2D eigenvalue weighted by atomic mass is 10.1. The minimum atomic E-state index is -0.527. The van der Waals surface area contributed by atoms with Crippen molar-refractivity contribution < 1.29 is 19.1 Å². The predicted molar refractivity (Wildman–Crippen MR) is 131 cm³/mol. The molecule has 34 heavy (non-hydrogen) atoms. The van der Waals surface area contributed by atoms with E-state index in [4.69, 9.17) is 4.74 Å². The second-order valence-electron chi connectivity index (χ2n) is 9.73. The molecule has 2 heterocycles. The summed E-state index contributed by atoms with van der Waals surface area (Å²) in [5, 5.41) is 3.02. The van der Waals surface area contributed by atoms with Gasteiger partial charge in [-0.1, -0.05) is 30.3 Å². The lowest BCUT2D eigenvalue weighted by Crippen LogP contribution is -2.50. The highest BCUT2D eigenvalue weighted by atomic mass is 16.6. The third kappa shape index (κ3) is 5.32. The van der Waals surface area contributed by atoms with Gasteiger partial charge in [0.15, 0.2) is 0 Å². The topological polar surface area (TPSA) is 82.2 Å². The van der Waals surface area contributed by atoms with Gasteiger partial charge in [-0.25, -0.2) is 9.59 Å². The first-order valence-corrected chi connectivity index (χ1v) is 11.7. The fraction of sp³-hybridized carbons (Fsp3) is 0.423. The van der Waals surface area contributed by atoms with E-state index in [1.54, 1.807) is 26.8 Å². The van der Waals surface area contributed by atoms with Crippen LogP contribution in [0.1, 0.15) is 37.6 Å². The van der Waals surface area contributed by atoms with Gasteiger partial charge in [0.1, 0.15) is 5.60 Å². The molecule has 0 spiro atoms. The molecular weight excluding hydrogens is 432 g/mol. The molecule has 180 valence electrons. The van der Waals surface area contributed by atoms with Gasteiger partial charge in [-0.05, 0) is 57.4 Å². The Morgan fingerprint density at radius 2 is 1.53 bits per heavy atom. The smallest absolute Gasteiger partial charge is 0.410 e. The Morgan fingerprint density at radius 1 is 0.912 bits per heavy atom. The third-order valence-electron chi connectivity index (χ3n) is 6.00. The zero-order valence-corrected chi connectivity index (χ0v) is 20.0. The minimum absolute atomic E-state index is 0.0821. The Balaban J connectivity index is 1.37. The van der Waals surface area contributed by atoms with E-state index in [-0.39, 0.29) is 23.9 Å². The van der Waals surface area contributed by atoms with E-state index in [9.17, 15) is 14.4 Å². The first-order chi connectivity index (χ1) is 16.2. The molecule has 0 saturated carbocycles. The number of likely N-dealkylation sites (tertiary alicyclic amines) is 1. The Kier molecular flexibility index (Phi) is 6.77. The van der Waals surface area contributed by atoms with Crippen molar-refractivity contribution in [1.29, 1.82) is 0 Å². The number of para-hydroxylation sites is 2. The molecule has 0 aromatic heterocycles. The molecule has 1 N–H and O–H groups in total. The lowest BCUT2D eigenvalue weighted by molar-refractivity contribution is 0.0288. The molecule has 2 aliphatic heterocycles. The van der Waals surface area contributed by atoms with E-state index in [0.717, 1.165) is 12.1 Å². The van der Waals surface area contributed by atoms with E-state index >= 15 is 0 Å². The molecule has 1 saturated heterocycles. The van der Waals surface area contributed by atoms with Crippen molar-refractivity contribution in [2.75, 3.05) is 42.5 Å². The monoisotopic (exact) mass is 464 g/mol. The number of carbonyl (C=O) groups excluding carboxylic acids is 3. The van der Waals surface area contributed by atoms with Gasteiger partial charge in [0.05, 0.1) is 11.4 Å². The largest absolute Gasteiger partial charge is 0.444 e. The fourth-order valence-electron chi connectivity index (χ4n) is 4.34. The quantitative estimate of drug-likeness (QED) is 0.741. The summed E-state index contributed by atoms with van der Waals surface area (Å²) in [5.74, 6) is 0.0916. The second kappa shape index (κ2) is 9.75. The van der Waals surface area contributed by atoms with Crippen molar-refractivity contribution in [3.8, 4) is 0 Å². The summed E-state index contributed by atoms with van der Waals surface area (Å²) in [4.78, 5) is 43.6. The fourth-order valence-corrected chi connectivity index (χ4v) is 4.34. The first kappa shape index (κ1) is 23.6. The maximum Gasteiger partial charge on any atom is 0.410 e. The summed E-state index contributed by atoms with van der Waals surface area (Å²) in [6.45, 7) is 8.02. The molecule has 2 aromatic carbocycles. The van der Waals surface area contributed by atoms with Gasteiger partial charge in [-0.3, -0.25) is 9.69 Å². The van der Waals surface area contributed by atoms with Crippen LogP contribution in [0.15, 0.2) is 54.6 Å². The minimum Gasteiger partial charge on any atom is -0.444 e. The first-order valence-electron chi connectivity index (χ1n) is 11.7. The van der Waals surface area contributed by atoms with Crippen molar-refractivity contribution in [3.05, 3.63) is 60.2 Å². The summed E-state index contributed by atoms with van der Waals surface area (Å²) in [5.41, 5.74) is 1.51. The molecular formula is C26H32N4O4. The number of nitrogens with one attached hydrogen (secondary N) is 1. The highest BCUT2D eigenvalue weighted by Crippen LogP contribution is 2.34. The number of carbonyl (C=O) groups is 3. The van der Waals surface area contributed by atoms with Crippen LogP contribution in [0.3, 0.4) is 0 Å². The van der Waals surface area contributed by atoms with Crippen molar-refractivity contribution in [3.63, 3.8) is 0 Å². The molecule has 2 aromatic rings. The lowest BCUT2D eigenvalue weighted by Gasteiger charge is -2.36. The Bertz CT molecular complexity index is 1050. The normalized spacial score (nSPS) is 17.9. The van der Waals surface area contributed by atoms with Crippen molar-refractivity contribution in [1.82, 2.24) is 10.2 Å². The van der Waals surface area contributed by atoms with Crippen LogP contribution in [-0.2, 0) is 4.74 Å². The van der Waals surface area contributed by atoms with Crippen LogP contribution in [0.4, 0.5) is 21.0 Å². The Labute approximate surface area is 200 Å². The molecule has 1 fully saturated rings. The Hall–Kier alpha value is -3.55. The highest BCUT2D eigenvalue weighted by Gasteiger charge is 2.32. The summed E-state index contributed by atoms with van der Waals surface area (Å²) < 4.78 is 5.45. The molecule has 2 aliphatic rings. The molecule has 0 radical (unpaired) electrons. The molecule has 0 unspecified atom stereocenters. The number of urea groups is 1. The zero-order valence-electron chi connectivity index (χ0n) is 20.0. The van der Waals surface area contributed by atoms with Gasteiger partial charge in [0.25, 0.3) is 5.91 Å². The maximum atomic E-state index is 13.1.